The fraction of sp³-hybridized carbons (Fsp3) is 0.333. The number of ether oxygens (including phenoxy) is 1. The Morgan fingerprint density at radius 1 is 0.310 bits per heavy atom. The Balaban J connectivity index is 1.33. The summed E-state index contributed by atoms with van der Waals surface area (Å²) in [6.45, 7) is 32.1. The maximum absolute atomic E-state index is 8.00. The molecule has 10 rings (SSSR count). The van der Waals surface area contributed by atoms with Gasteiger partial charge in [0, 0.05) is 49.4 Å². The molecule has 87 heavy (non-hydrogen) atoms. The Kier molecular flexibility index (Phi) is 19.2. The highest BCUT2D eigenvalue weighted by atomic mass is 31.2. The second-order valence-corrected chi connectivity index (χ2v) is 28.0. The molecule has 0 aliphatic rings. The average molecular weight is 1200 g/mol. The van der Waals surface area contributed by atoms with Crippen LogP contribution in [0.25, 0.3) is 54.2 Å². The Hall–Kier alpha value is -7.30. The molecule has 0 aromatic heterocycles. The summed E-state index contributed by atoms with van der Waals surface area (Å²) in [4.78, 5) is 0. The lowest BCUT2D eigenvalue weighted by Crippen LogP contribution is -2.29. The van der Waals surface area contributed by atoms with Gasteiger partial charge in [-0.1, -0.05) is 247 Å². The Bertz CT molecular complexity index is 3870. The van der Waals surface area contributed by atoms with Crippen molar-refractivity contribution in [2.75, 3.05) is 0 Å². The van der Waals surface area contributed by atoms with Crippen molar-refractivity contribution in [3.05, 3.63) is 210 Å². The normalized spacial score (nSPS) is 12.4. The fourth-order valence-corrected chi connectivity index (χ4v) is 15.2. The first-order valence-corrected chi connectivity index (χ1v) is 33.6. The van der Waals surface area contributed by atoms with Crippen molar-refractivity contribution >= 4 is 60.3 Å². The number of benzene rings is 10. The third-order valence-corrected chi connectivity index (χ3v) is 19.4. The van der Waals surface area contributed by atoms with E-state index in [4.69, 9.17) is 31.9 Å². The molecule has 0 bridgehead atoms. The predicted octanol–water partition coefficient (Wildman–Crippen LogP) is 24.3. The van der Waals surface area contributed by atoms with Crippen LogP contribution in [0.15, 0.2) is 182 Å². The molecule has 0 amide bonds. The molecule has 0 aliphatic carbocycles. The summed E-state index contributed by atoms with van der Waals surface area (Å²) < 4.78 is 52.9. The zero-order valence-corrected chi connectivity index (χ0v) is 55.5. The third kappa shape index (κ3) is 13.7. The minimum absolute atomic E-state index is 0.273. The maximum Gasteiger partial charge on any atom is 0.530 e. The third-order valence-electron chi connectivity index (χ3n) is 17.4. The molecule has 10 aromatic rings. The summed E-state index contributed by atoms with van der Waals surface area (Å²) in [6, 6.07) is 62.6. The zero-order valence-electron chi connectivity index (χ0n) is 53.7. The van der Waals surface area contributed by atoms with Gasteiger partial charge >= 0.3 is 17.2 Å². The van der Waals surface area contributed by atoms with Crippen LogP contribution in [0, 0.1) is 13.8 Å². The maximum atomic E-state index is 8.00. The topological polar surface area (TPSA) is 64.6 Å². The van der Waals surface area contributed by atoms with Gasteiger partial charge in [-0.2, -0.15) is 0 Å². The molecule has 0 radical (unpaired) electrons. The fourth-order valence-electron chi connectivity index (χ4n) is 13.0. The standard InChI is InChI=1S/C78H88O7P2/c1-15-47-75(7,8)63-51-64(76(9,10)48-16-2)73(84-86(80-66-43-27-35-55-31-19-23-39-59(55)66)81-67-44-28-36-56-32-20-24-40-60(56)67)71(53(63)5)72-54(6)70(79-78(13,14)50-18-4)52-65(77(11,12)49-17-3)74(72)85-87(82-68-45-29-37-57-33-21-25-41-61(57)68)83-69-46-30-38-58-34-22-26-42-62(58)69/h19-46,51-52H,15-18,47-50H2,1-14H3. The molecule has 0 spiro atoms. The van der Waals surface area contributed by atoms with Crippen LogP contribution in [-0.4, -0.2) is 5.60 Å². The van der Waals surface area contributed by atoms with Gasteiger partial charge in [0.1, 0.15) is 45.8 Å². The van der Waals surface area contributed by atoms with Crippen LogP contribution >= 0.6 is 17.2 Å². The highest BCUT2D eigenvalue weighted by molar-refractivity contribution is 7.43. The summed E-state index contributed by atoms with van der Waals surface area (Å²) in [5, 5.41) is 8.01. The second-order valence-electron chi connectivity index (χ2n) is 26.0. The van der Waals surface area contributed by atoms with E-state index in [1.165, 1.54) is 5.56 Å². The summed E-state index contributed by atoms with van der Waals surface area (Å²) in [6.07, 6.45) is 7.34. The van der Waals surface area contributed by atoms with E-state index in [1.54, 1.807) is 0 Å². The van der Waals surface area contributed by atoms with Crippen LogP contribution in [0.5, 0.6) is 40.2 Å². The lowest BCUT2D eigenvalue weighted by atomic mass is 9.70. The van der Waals surface area contributed by atoms with Crippen LogP contribution in [0.1, 0.15) is 162 Å². The van der Waals surface area contributed by atoms with Gasteiger partial charge in [-0.25, -0.2) is 0 Å². The summed E-state index contributed by atoms with van der Waals surface area (Å²) in [5.41, 5.74) is 5.27. The van der Waals surface area contributed by atoms with Crippen molar-refractivity contribution < 1.29 is 31.9 Å². The number of rotatable bonds is 26. The molecule has 0 unspecified atom stereocenters. The van der Waals surface area contributed by atoms with E-state index < -0.39 is 33.6 Å². The zero-order chi connectivity index (χ0) is 61.7. The van der Waals surface area contributed by atoms with Gasteiger partial charge < -0.3 is 31.9 Å². The van der Waals surface area contributed by atoms with E-state index in [9.17, 15) is 0 Å². The molecular formula is C78H88O7P2. The molecule has 9 heteroatoms. The Morgan fingerprint density at radius 2 is 0.609 bits per heavy atom. The van der Waals surface area contributed by atoms with Gasteiger partial charge in [-0.3, -0.25) is 0 Å². The van der Waals surface area contributed by atoms with Crippen LogP contribution in [0.4, 0.5) is 0 Å². The molecule has 7 nitrogen and oxygen atoms in total. The number of hydrogen-bond donors (Lipinski definition) is 0. The van der Waals surface area contributed by atoms with Gasteiger partial charge in [-0.05, 0) is 133 Å². The van der Waals surface area contributed by atoms with Crippen molar-refractivity contribution in [3.63, 3.8) is 0 Å². The van der Waals surface area contributed by atoms with E-state index in [1.807, 2.05) is 60.7 Å². The SMILES string of the molecule is CCCC(C)(C)Oc1cc(C(C)(C)CCC)c(OP(Oc2cccc3ccccc23)Oc2cccc3ccccc23)c(-c2c(C)c(C(C)(C)CCC)cc(C(C)(C)CCC)c2OP(Oc2cccc3ccccc23)Oc2cccc3ccccc23)c1C. The molecule has 0 saturated carbocycles. The van der Waals surface area contributed by atoms with Crippen molar-refractivity contribution in [2.45, 2.75) is 170 Å². The van der Waals surface area contributed by atoms with Gasteiger partial charge in [0.05, 0.1) is 0 Å². The van der Waals surface area contributed by atoms with E-state index in [0.717, 1.165) is 134 Å². The lowest BCUT2D eigenvalue weighted by Gasteiger charge is -2.37. The molecule has 0 N–H and O–H groups in total. The lowest BCUT2D eigenvalue weighted by molar-refractivity contribution is 0.0974. The first-order valence-electron chi connectivity index (χ1n) is 31.4. The van der Waals surface area contributed by atoms with E-state index in [0.29, 0.717) is 34.5 Å². The van der Waals surface area contributed by atoms with Gasteiger partial charge in [0.2, 0.25) is 0 Å². The van der Waals surface area contributed by atoms with Crippen LogP contribution in [0.3, 0.4) is 0 Å². The quantitative estimate of drug-likeness (QED) is 0.0501. The van der Waals surface area contributed by atoms with Crippen LogP contribution < -0.4 is 31.9 Å². The van der Waals surface area contributed by atoms with Gasteiger partial charge in [0.25, 0.3) is 0 Å². The minimum atomic E-state index is -2.31. The summed E-state index contributed by atoms with van der Waals surface area (Å²) in [7, 11) is -4.60. The molecule has 10 aromatic carbocycles. The average Bonchev–Trinajstić information content (AvgIpc) is 1.23. The molecule has 0 atom stereocenters. The molecule has 0 heterocycles. The second kappa shape index (κ2) is 26.6. The highest BCUT2D eigenvalue weighted by Crippen LogP contribution is 2.60. The van der Waals surface area contributed by atoms with E-state index >= 15 is 0 Å². The van der Waals surface area contributed by atoms with Crippen LogP contribution in [0.2, 0.25) is 0 Å². The summed E-state index contributed by atoms with van der Waals surface area (Å²) >= 11 is 0. The van der Waals surface area contributed by atoms with Crippen molar-refractivity contribution in [2.24, 2.45) is 0 Å². The minimum Gasteiger partial charge on any atom is -0.488 e. The molecule has 0 fully saturated rings. The first-order chi connectivity index (χ1) is 41.8. The molecule has 0 aliphatic heterocycles. The largest absolute Gasteiger partial charge is 0.530 e. The van der Waals surface area contributed by atoms with Gasteiger partial charge in [-0.15, -0.1) is 0 Å². The smallest absolute Gasteiger partial charge is 0.488 e. The molecule has 0 saturated heterocycles. The van der Waals surface area contributed by atoms with E-state index in [-0.39, 0.29) is 5.41 Å². The van der Waals surface area contributed by atoms with Crippen molar-refractivity contribution in [1.29, 1.82) is 0 Å². The first kappa shape index (κ1) is 62.7. The Labute approximate surface area is 520 Å². The summed E-state index contributed by atoms with van der Waals surface area (Å²) in [5.74, 6) is 4.72. The number of hydrogen-bond acceptors (Lipinski definition) is 7. The Morgan fingerprint density at radius 3 is 0.954 bits per heavy atom. The van der Waals surface area contributed by atoms with E-state index in [2.05, 4.69) is 218 Å². The molecular weight excluding hydrogens is 1110 g/mol. The number of fused-ring (bicyclic) bond motifs is 4. The highest BCUT2D eigenvalue weighted by Gasteiger charge is 2.41. The van der Waals surface area contributed by atoms with Crippen molar-refractivity contribution in [3.8, 4) is 51.4 Å². The van der Waals surface area contributed by atoms with Crippen molar-refractivity contribution in [1.82, 2.24) is 0 Å². The van der Waals surface area contributed by atoms with Crippen LogP contribution in [-0.2, 0) is 16.2 Å². The molecule has 452 valence electrons. The predicted molar refractivity (Wildman–Crippen MR) is 368 cm³/mol. The van der Waals surface area contributed by atoms with Gasteiger partial charge in [0.15, 0.2) is 0 Å². The monoisotopic (exact) mass is 1200 g/mol.